The van der Waals surface area contributed by atoms with Crippen molar-refractivity contribution in [2.75, 3.05) is 26.2 Å². The molecule has 0 aliphatic rings. The monoisotopic (exact) mass is 232 g/mol. The van der Waals surface area contributed by atoms with Crippen LogP contribution in [0.3, 0.4) is 0 Å². The number of hydrogen-bond donors (Lipinski definition) is 5. The molecule has 0 aliphatic carbocycles. The van der Waals surface area contributed by atoms with E-state index in [9.17, 15) is 14.7 Å². The van der Waals surface area contributed by atoms with Crippen molar-refractivity contribution in [3.05, 3.63) is 0 Å². The van der Waals surface area contributed by atoms with Gasteiger partial charge in [0.25, 0.3) is 0 Å². The van der Waals surface area contributed by atoms with Crippen LogP contribution in [0.25, 0.3) is 0 Å². The molecule has 0 aromatic carbocycles. The van der Waals surface area contributed by atoms with Gasteiger partial charge in [-0.3, -0.25) is 9.59 Å². The maximum Gasteiger partial charge on any atom is 0.235 e. The van der Waals surface area contributed by atoms with E-state index < -0.39 is 23.8 Å². The summed E-state index contributed by atoms with van der Waals surface area (Å²) in [7, 11) is 0. The second-order valence-corrected chi connectivity index (χ2v) is 3.38. The average Bonchev–Trinajstić information content (AvgIpc) is 2.23. The molecule has 0 spiro atoms. The first-order valence-corrected chi connectivity index (χ1v) is 5.18. The SMILES string of the molecule is CC(O)C(C(=O)NCCN)C(=O)NCCN. The predicted octanol–water partition coefficient (Wildman–Crippen LogP) is -2.87. The molecule has 94 valence electrons. The van der Waals surface area contributed by atoms with Gasteiger partial charge in [-0.25, -0.2) is 0 Å². The van der Waals surface area contributed by atoms with E-state index in [1.54, 1.807) is 0 Å². The van der Waals surface area contributed by atoms with Gasteiger partial charge in [0.1, 0.15) is 5.92 Å². The van der Waals surface area contributed by atoms with Crippen molar-refractivity contribution in [1.29, 1.82) is 0 Å². The third-order valence-electron chi connectivity index (χ3n) is 1.93. The number of amides is 2. The van der Waals surface area contributed by atoms with Crippen molar-refractivity contribution in [3.63, 3.8) is 0 Å². The number of hydrogen-bond acceptors (Lipinski definition) is 5. The lowest BCUT2D eigenvalue weighted by molar-refractivity contribution is -0.139. The van der Waals surface area contributed by atoms with E-state index in [4.69, 9.17) is 11.5 Å². The first kappa shape index (κ1) is 14.8. The molecule has 7 nitrogen and oxygen atoms in total. The van der Waals surface area contributed by atoms with Crippen LogP contribution in [0.1, 0.15) is 6.92 Å². The number of aliphatic hydroxyl groups excluding tert-OH is 1. The summed E-state index contributed by atoms with van der Waals surface area (Å²) in [6, 6.07) is 0. The number of nitrogens with two attached hydrogens (primary N) is 2. The van der Waals surface area contributed by atoms with Crippen LogP contribution in [0, 0.1) is 5.92 Å². The summed E-state index contributed by atoms with van der Waals surface area (Å²) in [6.45, 7) is 2.48. The first-order valence-electron chi connectivity index (χ1n) is 5.18. The van der Waals surface area contributed by atoms with Crippen molar-refractivity contribution >= 4 is 11.8 Å². The molecule has 0 aromatic heterocycles. The molecular weight excluding hydrogens is 212 g/mol. The molecule has 7 N–H and O–H groups in total. The maximum absolute atomic E-state index is 11.5. The lowest BCUT2D eigenvalue weighted by Gasteiger charge is -2.18. The fourth-order valence-electron chi connectivity index (χ4n) is 1.17. The summed E-state index contributed by atoms with van der Waals surface area (Å²) in [5.41, 5.74) is 10.4. The quantitative estimate of drug-likeness (QED) is 0.301. The molecule has 0 aliphatic heterocycles. The van der Waals surface area contributed by atoms with Crippen molar-refractivity contribution in [1.82, 2.24) is 10.6 Å². The van der Waals surface area contributed by atoms with E-state index in [1.165, 1.54) is 6.92 Å². The fourth-order valence-corrected chi connectivity index (χ4v) is 1.17. The molecule has 0 saturated heterocycles. The normalized spacial score (nSPS) is 12.3. The molecule has 16 heavy (non-hydrogen) atoms. The topological polar surface area (TPSA) is 130 Å². The van der Waals surface area contributed by atoms with Crippen molar-refractivity contribution in [2.24, 2.45) is 17.4 Å². The summed E-state index contributed by atoms with van der Waals surface area (Å²) in [5.74, 6) is -2.19. The highest BCUT2D eigenvalue weighted by atomic mass is 16.3. The van der Waals surface area contributed by atoms with Gasteiger partial charge in [-0.1, -0.05) is 0 Å². The Bertz CT molecular complexity index is 213. The molecule has 0 fully saturated rings. The molecule has 1 unspecified atom stereocenters. The number of rotatable bonds is 7. The highest BCUT2D eigenvalue weighted by Crippen LogP contribution is 2.03. The first-order chi connectivity index (χ1) is 7.54. The number of aliphatic hydroxyl groups is 1. The van der Waals surface area contributed by atoms with E-state index in [2.05, 4.69) is 10.6 Å². The molecule has 2 amide bonds. The molecule has 7 heteroatoms. The van der Waals surface area contributed by atoms with E-state index >= 15 is 0 Å². The maximum atomic E-state index is 11.5. The van der Waals surface area contributed by atoms with Crippen molar-refractivity contribution in [2.45, 2.75) is 13.0 Å². The Labute approximate surface area is 94.6 Å². The fraction of sp³-hybridized carbons (Fsp3) is 0.778. The Morgan fingerprint density at radius 3 is 1.75 bits per heavy atom. The molecule has 0 heterocycles. The van der Waals surface area contributed by atoms with Gasteiger partial charge in [0.2, 0.25) is 11.8 Å². The molecule has 0 saturated carbocycles. The minimum atomic E-state index is -1.13. The van der Waals surface area contributed by atoms with Gasteiger partial charge >= 0.3 is 0 Å². The molecular formula is C9H20N4O3. The zero-order chi connectivity index (χ0) is 12.6. The zero-order valence-electron chi connectivity index (χ0n) is 9.40. The van der Waals surface area contributed by atoms with E-state index in [-0.39, 0.29) is 26.2 Å². The summed E-state index contributed by atoms with van der Waals surface area (Å²) < 4.78 is 0. The molecule has 0 aromatic rings. The minimum absolute atomic E-state index is 0.270. The summed E-state index contributed by atoms with van der Waals surface area (Å²) in [6.07, 6.45) is -1.06. The van der Waals surface area contributed by atoms with Gasteiger partial charge in [-0.15, -0.1) is 0 Å². The summed E-state index contributed by atoms with van der Waals surface area (Å²) >= 11 is 0. The third kappa shape index (κ3) is 5.06. The Morgan fingerprint density at radius 2 is 1.50 bits per heavy atom. The van der Waals surface area contributed by atoms with Crippen molar-refractivity contribution in [3.8, 4) is 0 Å². The van der Waals surface area contributed by atoms with Crippen LogP contribution in [-0.4, -0.2) is 49.2 Å². The van der Waals surface area contributed by atoms with Gasteiger partial charge in [0.15, 0.2) is 0 Å². The smallest absolute Gasteiger partial charge is 0.235 e. The average molecular weight is 232 g/mol. The minimum Gasteiger partial charge on any atom is -0.392 e. The number of nitrogens with one attached hydrogen (secondary N) is 2. The van der Waals surface area contributed by atoms with Crippen LogP contribution in [0.2, 0.25) is 0 Å². The highest BCUT2D eigenvalue weighted by Gasteiger charge is 2.30. The van der Waals surface area contributed by atoms with Crippen LogP contribution in [0.15, 0.2) is 0 Å². The molecule has 0 bridgehead atoms. The number of carbonyl (C=O) groups is 2. The largest absolute Gasteiger partial charge is 0.392 e. The molecule has 0 radical (unpaired) electrons. The van der Waals surface area contributed by atoms with Gasteiger partial charge in [0.05, 0.1) is 6.10 Å². The molecule has 0 rings (SSSR count). The van der Waals surface area contributed by atoms with E-state index in [0.29, 0.717) is 0 Å². The number of carbonyl (C=O) groups excluding carboxylic acids is 2. The molecule has 1 atom stereocenters. The third-order valence-corrected chi connectivity index (χ3v) is 1.93. The van der Waals surface area contributed by atoms with Gasteiger partial charge in [0, 0.05) is 26.2 Å². The van der Waals surface area contributed by atoms with Crippen molar-refractivity contribution < 1.29 is 14.7 Å². The summed E-state index contributed by atoms with van der Waals surface area (Å²) in [5, 5.41) is 14.3. The van der Waals surface area contributed by atoms with Crippen LogP contribution in [0.4, 0.5) is 0 Å². The van der Waals surface area contributed by atoms with Crippen LogP contribution >= 0.6 is 0 Å². The second kappa shape index (κ2) is 8.03. The predicted molar refractivity (Wildman–Crippen MR) is 59.3 cm³/mol. The van der Waals surface area contributed by atoms with Gasteiger partial charge < -0.3 is 27.2 Å². The van der Waals surface area contributed by atoms with E-state index in [1.807, 2.05) is 0 Å². The second-order valence-electron chi connectivity index (χ2n) is 3.38. The standard InChI is InChI=1S/C9H20N4O3/c1-6(14)7(8(15)12-4-2-10)9(16)13-5-3-11/h6-7,14H,2-5,10-11H2,1H3,(H,12,15)(H,13,16). The zero-order valence-corrected chi connectivity index (χ0v) is 9.40. The van der Waals surface area contributed by atoms with Crippen LogP contribution in [0.5, 0.6) is 0 Å². The van der Waals surface area contributed by atoms with Gasteiger partial charge in [-0.05, 0) is 6.92 Å². The lowest BCUT2D eigenvalue weighted by atomic mass is 10.0. The Kier molecular flexibility index (Phi) is 7.44. The highest BCUT2D eigenvalue weighted by molar-refractivity contribution is 6.00. The Morgan fingerprint density at radius 1 is 1.12 bits per heavy atom. The van der Waals surface area contributed by atoms with Gasteiger partial charge in [-0.2, -0.15) is 0 Å². The summed E-state index contributed by atoms with van der Waals surface area (Å²) in [4.78, 5) is 23.1. The van der Waals surface area contributed by atoms with Crippen LogP contribution < -0.4 is 22.1 Å². The van der Waals surface area contributed by atoms with Crippen LogP contribution in [-0.2, 0) is 9.59 Å². The van der Waals surface area contributed by atoms with E-state index in [0.717, 1.165) is 0 Å². The lowest BCUT2D eigenvalue weighted by Crippen LogP contribution is -2.48. The Hall–Kier alpha value is -1.18. The Balaban J connectivity index is 4.35.